The van der Waals surface area contributed by atoms with Gasteiger partial charge in [0.05, 0.1) is 4.90 Å². The van der Waals surface area contributed by atoms with Gasteiger partial charge in [-0.1, -0.05) is 17.7 Å². The van der Waals surface area contributed by atoms with Crippen LogP contribution in [0.5, 0.6) is 0 Å². The van der Waals surface area contributed by atoms with Crippen molar-refractivity contribution in [2.75, 3.05) is 13.6 Å². The Morgan fingerprint density at radius 1 is 1.22 bits per heavy atom. The normalized spacial score (nSPS) is 11.7. The zero-order valence-corrected chi connectivity index (χ0v) is 13.8. The molecule has 0 aliphatic heterocycles. The number of rotatable bonds is 6. The summed E-state index contributed by atoms with van der Waals surface area (Å²) in [6.07, 6.45) is 0. The fourth-order valence-electron chi connectivity index (χ4n) is 1.74. The van der Waals surface area contributed by atoms with Crippen LogP contribution >= 0.6 is 0 Å². The molecule has 0 N–H and O–H groups in total. The zero-order chi connectivity index (χ0) is 17.0. The monoisotopic (exact) mass is 339 g/mol. The lowest BCUT2D eigenvalue weighted by Gasteiger charge is -2.16. The zero-order valence-electron chi connectivity index (χ0n) is 13.0. The van der Waals surface area contributed by atoms with Gasteiger partial charge in [-0.15, -0.1) is 10.2 Å². The number of likely N-dealkylation sites (N-methyl/N-ethyl adjacent to an activating group) is 1. The van der Waals surface area contributed by atoms with Gasteiger partial charge in [-0.2, -0.15) is 4.31 Å². The van der Waals surface area contributed by atoms with Crippen LogP contribution in [0, 0.1) is 13.8 Å². The molecule has 1 aromatic heterocycles. The van der Waals surface area contributed by atoms with E-state index in [0.717, 1.165) is 9.87 Å². The number of benzene rings is 1. The smallest absolute Gasteiger partial charge is 0.321 e. The topological polar surface area (TPSA) is 103 Å². The van der Waals surface area contributed by atoms with Crippen molar-refractivity contribution in [1.82, 2.24) is 14.5 Å². The van der Waals surface area contributed by atoms with Crippen molar-refractivity contribution in [3.05, 3.63) is 41.6 Å². The molecule has 9 heteroatoms. The molecular formula is C14H17N3O5S. The fraction of sp³-hybridized carbons (Fsp3) is 0.357. The van der Waals surface area contributed by atoms with Crippen molar-refractivity contribution in [3.63, 3.8) is 0 Å². The number of aromatic nitrogens is 2. The van der Waals surface area contributed by atoms with Crippen molar-refractivity contribution in [2.45, 2.75) is 25.3 Å². The summed E-state index contributed by atoms with van der Waals surface area (Å²) in [5, 5.41) is 7.27. The van der Waals surface area contributed by atoms with Crippen LogP contribution in [-0.2, 0) is 26.2 Å². The second kappa shape index (κ2) is 6.88. The first-order chi connectivity index (χ1) is 10.8. The van der Waals surface area contributed by atoms with Crippen LogP contribution in [0.2, 0.25) is 0 Å². The highest BCUT2D eigenvalue weighted by molar-refractivity contribution is 7.89. The van der Waals surface area contributed by atoms with Gasteiger partial charge in [0.2, 0.25) is 15.9 Å². The Bertz CT molecular complexity index is 783. The van der Waals surface area contributed by atoms with Gasteiger partial charge in [0.15, 0.2) is 6.61 Å². The molecule has 0 fully saturated rings. The summed E-state index contributed by atoms with van der Waals surface area (Å²) in [6.45, 7) is 2.86. The van der Waals surface area contributed by atoms with Gasteiger partial charge < -0.3 is 9.15 Å². The fourth-order valence-corrected chi connectivity index (χ4v) is 2.86. The highest BCUT2D eigenvalue weighted by Gasteiger charge is 2.23. The number of hydrogen-bond donors (Lipinski definition) is 0. The minimum atomic E-state index is -3.75. The predicted octanol–water partition coefficient (Wildman–Crippen LogP) is 1.05. The summed E-state index contributed by atoms with van der Waals surface area (Å²) in [4.78, 5) is 11.9. The molecule has 8 nitrogen and oxygen atoms in total. The molecule has 0 atom stereocenters. The van der Waals surface area contributed by atoms with Crippen molar-refractivity contribution < 1.29 is 22.4 Å². The number of esters is 1. The Labute approximate surface area is 134 Å². The van der Waals surface area contributed by atoms with Gasteiger partial charge in [-0.3, -0.25) is 4.79 Å². The number of aryl methyl sites for hydroxylation is 2. The maximum Gasteiger partial charge on any atom is 0.321 e. The maximum atomic E-state index is 12.3. The summed E-state index contributed by atoms with van der Waals surface area (Å²) in [5.74, 6) is -0.200. The van der Waals surface area contributed by atoms with E-state index >= 15 is 0 Å². The van der Waals surface area contributed by atoms with Crippen molar-refractivity contribution in [3.8, 4) is 0 Å². The van der Waals surface area contributed by atoms with Crippen molar-refractivity contribution in [2.24, 2.45) is 0 Å². The van der Waals surface area contributed by atoms with E-state index in [4.69, 9.17) is 9.15 Å². The van der Waals surface area contributed by atoms with Gasteiger partial charge in [0.25, 0.3) is 5.89 Å². The van der Waals surface area contributed by atoms with Crippen LogP contribution in [0.25, 0.3) is 0 Å². The Kier molecular flexibility index (Phi) is 5.12. The third-order valence-electron chi connectivity index (χ3n) is 3.01. The largest absolute Gasteiger partial charge is 0.455 e. The molecule has 2 rings (SSSR count). The average Bonchev–Trinajstić information content (AvgIpc) is 2.91. The van der Waals surface area contributed by atoms with Crippen LogP contribution in [0.1, 0.15) is 17.3 Å². The molecule has 124 valence electrons. The summed E-state index contributed by atoms with van der Waals surface area (Å²) in [7, 11) is -2.44. The first-order valence-corrected chi connectivity index (χ1v) is 8.20. The van der Waals surface area contributed by atoms with Crippen LogP contribution in [0.3, 0.4) is 0 Å². The molecule has 0 amide bonds. The van der Waals surface area contributed by atoms with E-state index < -0.39 is 22.5 Å². The van der Waals surface area contributed by atoms with Crippen LogP contribution in [0.4, 0.5) is 0 Å². The van der Waals surface area contributed by atoms with Crippen molar-refractivity contribution in [1.29, 1.82) is 0 Å². The molecule has 0 radical (unpaired) electrons. The number of hydrogen-bond acceptors (Lipinski definition) is 7. The van der Waals surface area contributed by atoms with Crippen molar-refractivity contribution >= 4 is 16.0 Å². The summed E-state index contributed by atoms with van der Waals surface area (Å²) < 4.78 is 35.6. The molecule has 1 aromatic carbocycles. The first-order valence-electron chi connectivity index (χ1n) is 6.76. The summed E-state index contributed by atoms with van der Waals surface area (Å²) in [5.41, 5.74) is 0.945. The molecule has 0 aliphatic carbocycles. The number of carbonyl (C=O) groups excluding carboxylic acids is 1. The van der Waals surface area contributed by atoms with Crippen LogP contribution < -0.4 is 0 Å². The molecule has 0 saturated carbocycles. The Balaban J connectivity index is 1.95. The molecule has 1 heterocycles. The first kappa shape index (κ1) is 17.1. The molecule has 0 spiro atoms. The SMILES string of the molecule is Cc1ccc(S(=O)(=O)N(C)CC(=O)OCc2nnc(C)o2)cc1. The molecule has 23 heavy (non-hydrogen) atoms. The van der Waals surface area contributed by atoms with E-state index in [1.807, 2.05) is 6.92 Å². The molecule has 0 bridgehead atoms. The molecule has 2 aromatic rings. The van der Waals surface area contributed by atoms with E-state index in [1.165, 1.54) is 19.2 Å². The third-order valence-corrected chi connectivity index (χ3v) is 4.82. The number of carbonyl (C=O) groups is 1. The van der Waals surface area contributed by atoms with E-state index in [-0.39, 0.29) is 17.4 Å². The average molecular weight is 339 g/mol. The lowest BCUT2D eigenvalue weighted by atomic mass is 10.2. The second-order valence-corrected chi connectivity index (χ2v) is 6.99. The molecular weight excluding hydrogens is 322 g/mol. The number of nitrogens with zero attached hydrogens (tertiary/aromatic N) is 3. The predicted molar refractivity (Wildman–Crippen MR) is 79.8 cm³/mol. The van der Waals surface area contributed by atoms with E-state index in [2.05, 4.69) is 10.2 Å². The Morgan fingerprint density at radius 3 is 2.43 bits per heavy atom. The molecule has 0 unspecified atom stereocenters. The van der Waals surface area contributed by atoms with Gasteiger partial charge in [-0.05, 0) is 19.1 Å². The lowest BCUT2D eigenvalue weighted by Crippen LogP contribution is -2.33. The summed E-state index contributed by atoms with van der Waals surface area (Å²) in [6, 6.07) is 6.37. The van der Waals surface area contributed by atoms with Gasteiger partial charge in [0.1, 0.15) is 6.54 Å². The lowest BCUT2D eigenvalue weighted by molar-refractivity contribution is -0.145. The standard InChI is InChI=1S/C14H17N3O5S/c1-10-4-6-12(7-5-10)23(19,20)17(3)8-14(18)21-9-13-16-15-11(2)22-13/h4-7H,8-9H2,1-3H3. The van der Waals surface area contributed by atoms with E-state index in [1.54, 1.807) is 19.1 Å². The quantitative estimate of drug-likeness (QED) is 0.725. The Hall–Kier alpha value is -2.26. The van der Waals surface area contributed by atoms with E-state index in [0.29, 0.717) is 5.89 Å². The highest BCUT2D eigenvalue weighted by atomic mass is 32.2. The van der Waals surface area contributed by atoms with Crippen LogP contribution in [0.15, 0.2) is 33.6 Å². The number of sulfonamides is 1. The number of ether oxygens (including phenoxy) is 1. The van der Waals surface area contributed by atoms with E-state index in [9.17, 15) is 13.2 Å². The second-order valence-electron chi connectivity index (χ2n) is 4.95. The third kappa shape index (κ3) is 4.36. The van der Waals surface area contributed by atoms with Gasteiger partial charge >= 0.3 is 5.97 Å². The summed E-state index contributed by atoms with van der Waals surface area (Å²) >= 11 is 0. The molecule has 0 saturated heterocycles. The van der Waals surface area contributed by atoms with Gasteiger partial charge in [-0.25, -0.2) is 8.42 Å². The Morgan fingerprint density at radius 2 is 1.87 bits per heavy atom. The van der Waals surface area contributed by atoms with Gasteiger partial charge in [0, 0.05) is 14.0 Å². The minimum absolute atomic E-state index is 0.117. The molecule has 0 aliphatic rings. The maximum absolute atomic E-state index is 12.3. The highest BCUT2D eigenvalue weighted by Crippen LogP contribution is 2.15. The van der Waals surface area contributed by atoms with Crippen LogP contribution in [-0.4, -0.2) is 42.5 Å². The minimum Gasteiger partial charge on any atom is -0.455 e.